The molecule has 0 saturated carbocycles. The van der Waals surface area contributed by atoms with Gasteiger partial charge in [-0.1, -0.05) is 84.9 Å². The van der Waals surface area contributed by atoms with Crippen LogP contribution in [0.15, 0.2) is 108 Å². The predicted molar refractivity (Wildman–Crippen MR) is 128 cm³/mol. The lowest BCUT2D eigenvalue weighted by Gasteiger charge is -2.28. The number of aliphatic hydroxyl groups is 1. The van der Waals surface area contributed by atoms with E-state index in [1.54, 1.807) is 11.8 Å². The predicted octanol–water partition coefficient (Wildman–Crippen LogP) is 6.38. The molecule has 0 unspecified atom stereocenters. The second-order valence-corrected chi connectivity index (χ2v) is 8.67. The fraction of sp³-hybridized carbons (Fsp3) is 0.185. The van der Waals surface area contributed by atoms with Crippen molar-refractivity contribution in [1.82, 2.24) is 5.32 Å². The Hall–Kier alpha value is -2.59. The van der Waals surface area contributed by atoms with E-state index < -0.39 is 6.10 Å². The summed E-state index contributed by atoms with van der Waals surface area (Å²) in [5, 5.41) is 17.4. The maximum absolute atomic E-state index is 11.3. The van der Waals surface area contributed by atoms with Gasteiger partial charge in [-0.05, 0) is 47.0 Å². The maximum Gasteiger partial charge on any atom is 0.0951 e. The number of thioether (sulfide) groups is 1. The number of benzene rings is 4. The monoisotopic (exact) mass is 413 g/mol. The zero-order valence-corrected chi connectivity index (χ0v) is 17.9. The number of nitrogens with one attached hydrogen (secondary N) is 1. The van der Waals surface area contributed by atoms with Crippen molar-refractivity contribution < 1.29 is 5.11 Å². The van der Waals surface area contributed by atoms with Crippen molar-refractivity contribution in [3.05, 3.63) is 114 Å². The van der Waals surface area contributed by atoms with Gasteiger partial charge in [0.25, 0.3) is 0 Å². The molecule has 4 aromatic rings. The van der Waals surface area contributed by atoms with E-state index in [9.17, 15) is 5.11 Å². The minimum Gasteiger partial charge on any atom is -0.387 e. The molecule has 0 aliphatic carbocycles. The Kier molecular flexibility index (Phi) is 6.85. The maximum atomic E-state index is 11.3. The van der Waals surface area contributed by atoms with Gasteiger partial charge in [0.2, 0.25) is 0 Å². The van der Waals surface area contributed by atoms with Gasteiger partial charge in [0, 0.05) is 22.7 Å². The summed E-state index contributed by atoms with van der Waals surface area (Å²) in [5.41, 5.74) is 2.16. The minimum absolute atomic E-state index is 0.0911. The van der Waals surface area contributed by atoms with Crippen LogP contribution in [0.4, 0.5) is 0 Å². The van der Waals surface area contributed by atoms with E-state index in [1.807, 2.05) is 30.3 Å². The Morgan fingerprint density at radius 1 is 0.733 bits per heavy atom. The van der Waals surface area contributed by atoms with Crippen molar-refractivity contribution in [3.8, 4) is 0 Å². The molecule has 0 aliphatic rings. The van der Waals surface area contributed by atoms with Crippen molar-refractivity contribution in [2.45, 2.75) is 30.0 Å². The molecule has 4 aromatic carbocycles. The first-order valence-corrected chi connectivity index (χ1v) is 11.3. The normalized spacial score (nSPS) is 14.3. The molecule has 0 amide bonds. The van der Waals surface area contributed by atoms with Crippen LogP contribution in [0.3, 0.4) is 0 Å². The molecule has 0 spiro atoms. The molecular formula is C27H27NOS. The van der Waals surface area contributed by atoms with Gasteiger partial charge in [0.1, 0.15) is 0 Å². The molecule has 3 atom stereocenters. The molecule has 0 fully saturated rings. The molecule has 0 saturated heterocycles. The summed E-state index contributed by atoms with van der Waals surface area (Å²) in [5.74, 6) is 0.773. The van der Waals surface area contributed by atoms with Gasteiger partial charge in [-0.3, -0.25) is 0 Å². The van der Waals surface area contributed by atoms with Gasteiger partial charge in [0.05, 0.1) is 6.10 Å². The average molecular weight is 414 g/mol. The highest BCUT2D eigenvalue weighted by atomic mass is 32.2. The van der Waals surface area contributed by atoms with Crippen molar-refractivity contribution >= 4 is 22.5 Å². The van der Waals surface area contributed by atoms with E-state index in [1.165, 1.54) is 15.8 Å². The standard InChI is InChI=1S/C27H27NOS/c1-20(21-10-4-2-5-11-21)28-26(19-30-25-14-6-3-7-15-25)27(29)24-17-16-22-12-8-9-13-23(22)18-24/h2-18,20,26-29H,19H2,1H3/t20-,26-,27+/m0/s1. The number of hydrogen-bond donors (Lipinski definition) is 2. The number of hydrogen-bond acceptors (Lipinski definition) is 3. The molecule has 0 radical (unpaired) electrons. The topological polar surface area (TPSA) is 32.3 Å². The van der Waals surface area contributed by atoms with E-state index >= 15 is 0 Å². The summed E-state index contributed by atoms with van der Waals surface area (Å²) in [4.78, 5) is 1.21. The van der Waals surface area contributed by atoms with E-state index in [2.05, 4.69) is 85.0 Å². The van der Waals surface area contributed by atoms with Gasteiger partial charge >= 0.3 is 0 Å². The Labute approximate surface area is 183 Å². The fourth-order valence-electron chi connectivity index (χ4n) is 3.72. The first kappa shape index (κ1) is 20.7. The molecule has 4 rings (SSSR count). The third-order valence-corrected chi connectivity index (χ3v) is 6.56. The molecule has 0 bridgehead atoms. The summed E-state index contributed by atoms with van der Waals surface area (Å²) in [7, 11) is 0. The summed E-state index contributed by atoms with van der Waals surface area (Å²) in [6, 6.07) is 35.3. The second kappa shape index (κ2) is 9.94. The third kappa shape index (κ3) is 5.11. The Bertz CT molecular complexity index is 1070. The van der Waals surface area contributed by atoms with Crippen LogP contribution >= 0.6 is 11.8 Å². The van der Waals surface area contributed by atoms with Gasteiger partial charge in [-0.25, -0.2) is 0 Å². The zero-order chi connectivity index (χ0) is 20.8. The highest BCUT2D eigenvalue weighted by Crippen LogP contribution is 2.28. The second-order valence-electron chi connectivity index (χ2n) is 7.58. The lowest BCUT2D eigenvalue weighted by molar-refractivity contribution is 0.133. The molecule has 2 nitrogen and oxygen atoms in total. The van der Waals surface area contributed by atoms with Crippen LogP contribution in [0.5, 0.6) is 0 Å². The lowest BCUT2D eigenvalue weighted by atomic mass is 9.98. The van der Waals surface area contributed by atoms with E-state index in [0.717, 1.165) is 16.7 Å². The van der Waals surface area contributed by atoms with Crippen LogP contribution in [-0.4, -0.2) is 16.9 Å². The van der Waals surface area contributed by atoms with Crippen LogP contribution in [-0.2, 0) is 0 Å². The molecule has 152 valence electrons. The molecule has 0 heterocycles. The van der Waals surface area contributed by atoms with Crippen LogP contribution < -0.4 is 5.32 Å². The summed E-state index contributed by atoms with van der Waals surface area (Å²) < 4.78 is 0. The van der Waals surface area contributed by atoms with E-state index in [-0.39, 0.29) is 12.1 Å². The molecule has 2 N–H and O–H groups in total. The Morgan fingerprint density at radius 3 is 2.10 bits per heavy atom. The highest BCUT2D eigenvalue weighted by Gasteiger charge is 2.23. The SMILES string of the molecule is C[C@H](N[C@@H](CSc1ccccc1)[C@H](O)c1ccc2ccccc2c1)c1ccccc1. The van der Waals surface area contributed by atoms with Gasteiger partial charge in [-0.15, -0.1) is 11.8 Å². The van der Waals surface area contributed by atoms with Gasteiger partial charge in [-0.2, -0.15) is 0 Å². The fourth-order valence-corrected chi connectivity index (χ4v) is 4.72. The molecular weight excluding hydrogens is 386 g/mol. The first-order valence-electron chi connectivity index (χ1n) is 10.4. The summed E-state index contributed by atoms with van der Waals surface area (Å²) >= 11 is 1.77. The Morgan fingerprint density at radius 2 is 1.37 bits per heavy atom. The van der Waals surface area contributed by atoms with Crippen molar-refractivity contribution in [2.24, 2.45) is 0 Å². The Balaban J connectivity index is 1.57. The van der Waals surface area contributed by atoms with Crippen LogP contribution in [0.2, 0.25) is 0 Å². The van der Waals surface area contributed by atoms with E-state index in [0.29, 0.717) is 0 Å². The largest absolute Gasteiger partial charge is 0.387 e. The van der Waals surface area contributed by atoms with Gasteiger partial charge < -0.3 is 10.4 Å². The van der Waals surface area contributed by atoms with Crippen LogP contribution in [0.25, 0.3) is 10.8 Å². The zero-order valence-electron chi connectivity index (χ0n) is 17.1. The summed E-state index contributed by atoms with van der Waals surface area (Å²) in [6.45, 7) is 2.16. The van der Waals surface area contributed by atoms with E-state index in [4.69, 9.17) is 0 Å². The van der Waals surface area contributed by atoms with Crippen molar-refractivity contribution in [1.29, 1.82) is 0 Å². The number of rotatable bonds is 8. The molecule has 0 aliphatic heterocycles. The lowest BCUT2D eigenvalue weighted by Crippen LogP contribution is -2.38. The van der Waals surface area contributed by atoms with Gasteiger partial charge in [0.15, 0.2) is 0 Å². The highest BCUT2D eigenvalue weighted by molar-refractivity contribution is 7.99. The first-order chi connectivity index (χ1) is 14.7. The average Bonchev–Trinajstić information content (AvgIpc) is 2.82. The molecule has 30 heavy (non-hydrogen) atoms. The smallest absolute Gasteiger partial charge is 0.0951 e. The summed E-state index contributed by atoms with van der Waals surface area (Å²) in [6.07, 6.45) is -0.600. The van der Waals surface area contributed by atoms with Crippen molar-refractivity contribution in [2.75, 3.05) is 5.75 Å². The quantitative estimate of drug-likeness (QED) is 0.329. The van der Waals surface area contributed by atoms with Crippen LogP contribution in [0.1, 0.15) is 30.2 Å². The molecule has 0 aromatic heterocycles. The molecule has 3 heteroatoms. The van der Waals surface area contributed by atoms with Crippen molar-refractivity contribution in [3.63, 3.8) is 0 Å². The minimum atomic E-state index is -0.600. The number of fused-ring (bicyclic) bond motifs is 1. The number of aliphatic hydroxyl groups excluding tert-OH is 1. The third-order valence-electron chi connectivity index (χ3n) is 5.43. The van der Waals surface area contributed by atoms with Crippen LogP contribution in [0, 0.1) is 0 Å².